The van der Waals surface area contributed by atoms with Gasteiger partial charge in [0.15, 0.2) is 23.0 Å². The zero-order valence-electron chi connectivity index (χ0n) is 12.3. The minimum absolute atomic E-state index is 0.201. The molecule has 0 unspecified atom stereocenters. The van der Waals surface area contributed by atoms with E-state index in [4.69, 9.17) is 30.5 Å². The Hall–Kier alpha value is -2.07. The average Bonchev–Trinajstić information content (AvgIpc) is 3.01. The Labute approximate surface area is 134 Å². The normalized spacial score (nSPS) is 12.3. The highest BCUT2D eigenvalue weighted by atomic mass is 35.5. The first kappa shape index (κ1) is 14.9. The fourth-order valence-electron chi connectivity index (χ4n) is 2.17. The summed E-state index contributed by atoms with van der Waals surface area (Å²) in [5.41, 5.74) is 0.916. The monoisotopic (exact) mass is 320 g/mol. The Morgan fingerprint density at radius 3 is 2.64 bits per heavy atom. The molecule has 3 rings (SSSR count). The van der Waals surface area contributed by atoms with Crippen molar-refractivity contribution in [3.05, 3.63) is 47.0 Å². The van der Waals surface area contributed by atoms with E-state index in [0.29, 0.717) is 35.5 Å². The molecule has 0 atom stereocenters. The number of benzene rings is 2. The van der Waals surface area contributed by atoms with Crippen molar-refractivity contribution in [3.8, 4) is 23.0 Å². The lowest BCUT2D eigenvalue weighted by Gasteiger charge is -2.12. The van der Waals surface area contributed by atoms with Gasteiger partial charge in [0.2, 0.25) is 6.79 Å². The standard InChI is InChI=1S/C17H17ClO4/c1-2-7-19-14-5-3-4-6-15(14)20-10-12-8-13(18)17-16(9-12)21-11-22-17/h3-6,8-9H,2,7,10-11H2,1H3. The van der Waals surface area contributed by atoms with E-state index in [1.165, 1.54) is 0 Å². The number of rotatable bonds is 6. The van der Waals surface area contributed by atoms with E-state index in [1.807, 2.05) is 36.4 Å². The van der Waals surface area contributed by atoms with Crippen LogP contribution >= 0.6 is 11.6 Å². The van der Waals surface area contributed by atoms with E-state index in [9.17, 15) is 0 Å². The summed E-state index contributed by atoms with van der Waals surface area (Å²) in [7, 11) is 0. The van der Waals surface area contributed by atoms with E-state index in [1.54, 1.807) is 0 Å². The van der Waals surface area contributed by atoms with Crippen LogP contribution in [0.2, 0.25) is 5.02 Å². The van der Waals surface area contributed by atoms with Gasteiger partial charge in [-0.3, -0.25) is 0 Å². The Bertz CT molecular complexity index is 657. The average molecular weight is 321 g/mol. The molecule has 22 heavy (non-hydrogen) atoms. The Kier molecular flexibility index (Phi) is 4.59. The number of ether oxygens (including phenoxy) is 4. The van der Waals surface area contributed by atoms with Crippen LogP contribution in [0.3, 0.4) is 0 Å². The second kappa shape index (κ2) is 6.79. The lowest BCUT2D eigenvalue weighted by Crippen LogP contribution is -2.00. The second-order valence-corrected chi connectivity index (χ2v) is 5.30. The molecule has 0 aliphatic carbocycles. The number of hydrogen-bond acceptors (Lipinski definition) is 4. The van der Waals surface area contributed by atoms with Gasteiger partial charge in [0.1, 0.15) is 6.61 Å². The molecule has 0 saturated carbocycles. The summed E-state index contributed by atoms with van der Waals surface area (Å²) in [6.07, 6.45) is 0.950. The highest BCUT2D eigenvalue weighted by Crippen LogP contribution is 2.40. The molecule has 4 nitrogen and oxygen atoms in total. The molecule has 0 saturated heterocycles. The first-order chi connectivity index (χ1) is 10.8. The third kappa shape index (κ3) is 3.22. The van der Waals surface area contributed by atoms with Crippen LogP contribution < -0.4 is 18.9 Å². The third-order valence-corrected chi connectivity index (χ3v) is 3.47. The number of halogens is 1. The maximum Gasteiger partial charge on any atom is 0.231 e. The Morgan fingerprint density at radius 1 is 1.09 bits per heavy atom. The molecule has 0 radical (unpaired) electrons. The molecule has 116 valence electrons. The molecule has 1 aliphatic heterocycles. The van der Waals surface area contributed by atoms with Crippen molar-refractivity contribution in [2.75, 3.05) is 13.4 Å². The maximum atomic E-state index is 6.17. The minimum Gasteiger partial charge on any atom is -0.490 e. The van der Waals surface area contributed by atoms with Crippen LogP contribution in [0.5, 0.6) is 23.0 Å². The third-order valence-electron chi connectivity index (χ3n) is 3.19. The highest BCUT2D eigenvalue weighted by molar-refractivity contribution is 6.32. The first-order valence-corrected chi connectivity index (χ1v) is 7.58. The van der Waals surface area contributed by atoms with Crippen LogP contribution in [-0.2, 0) is 6.61 Å². The van der Waals surface area contributed by atoms with Crippen molar-refractivity contribution in [2.45, 2.75) is 20.0 Å². The van der Waals surface area contributed by atoms with Gasteiger partial charge < -0.3 is 18.9 Å². The maximum absolute atomic E-state index is 6.17. The molecule has 0 bridgehead atoms. The Balaban J connectivity index is 1.72. The topological polar surface area (TPSA) is 36.9 Å². The molecular formula is C17H17ClO4. The summed E-state index contributed by atoms with van der Waals surface area (Å²) >= 11 is 6.17. The van der Waals surface area contributed by atoms with Crippen molar-refractivity contribution in [1.82, 2.24) is 0 Å². The van der Waals surface area contributed by atoms with Gasteiger partial charge >= 0.3 is 0 Å². The smallest absolute Gasteiger partial charge is 0.231 e. The highest BCUT2D eigenvalue weighted by Gasteiger charge is 2.18. The number of hydrogen-bond donors (Lipinski definition) is 0. The Morgan fingerprint density at radius 2 is 1.86 bits per heavy atom. The molecule has 2 aromatic rings. The van der Waals surface area contributed by atoms with Crippen molar-refractivity contribution in [2.24, 2.45) is 0 Å². The fraction of sp³-hybridized carbons (Fsp3) is 0.294. The zero-order chi connectivity index (χ0) is 15.4. The molecule has 1 heterocycles. The number of fused-ring (bicyclic) bond motifs is 1. The second-order valence-electron chi connectivity index (χ2n) is 4.90. The minimum atomic E-state index is 0.201. The van der Waals surface area contributed by atoms with E-state index in [0.717, 1.165) is 17.7 Å². The van der Waals surface area contributed by atoms with Crippen LogP contribution in [0, 0.1) is 0 Å². The van der Waals surface area contributed by atoms with Crippen LogP contribution in [0.15, 0.2) is 36.4 Å². The van der Waals surface area contributed by atoms with Crippen molar-refractivity contribution in [3.63, 3.8) is 0 Å². The predicted molar refractivity (Wildman–Crippen MR) is 84.1 cm³/mol. The fourth-order valence-corrected chi connectivity index (χ4v) is 2.45. The van der Waals surface area contributed by atoms with Crippen LogP contribution in [0.1, 0.15) is 18.9 Å². The van der Waals surface area contributed by atoms with Crippen LogP contribution in [-0.4, -0.2) is 13.4 Å². The van der Waals surface area contributed by atoms with Crippen molar-refractivity contribution in [1.29, 1.82) is 0 Å². The van der Waals surface area contributed by atoms with E-state index < -0.39 is 0 Å². The largest absolute Gasteiger partial charge is 0.490 e. The van der Waals surface area contributed by atoms with Gasteiger partial charge in [0, 0.05) is 0 Å². The molecule has 0 aromatic heterocycles. The zero-order valence-corrected chi connectivity index (χ0v) is 13.1. The van der Waals surface area contributed by atoms with Gasteiger partial charge in [0.05, 0.1) is 11.6 Å². The van der Waals surface area contributed by atoms with Gasteiger partial charge in [-0.1, -0.05) is 30.7 Å². The van der Waals surface area contributed by atoms with Crippen molar-refractivity contribution < 1.29 is 18.9 Å². The van der Waals surface area contributed by atoms with Gasteiger partial charge in [0.25, 0.3) is 0 Å². The molecule has 0 amide bonds. The molecule has 5 heteroatoms. The molecule has 0 N–H and O–H groups in total. The molecule has 0 fully saturated rings. The van der Waals surface area contributed by atoms with Gasteiger partial charge in [-0.05, 0) is 36.2 Å². The summed E-state index contributed by atoms with van der Waals surface area (Å²) < 4.78 is 22.2. The summed E-state index contributed by atoms with van der Waals surface area (Å²) in [6.45, 7) is 3.31. The molecule has 1 aliphatic rings. The lowest BCUT2D eigenvalue weighted by molar-refractivity contribution is 0.174. The summed E-state index contributed by atoms with van der Waals surface area (Å²) in [4.78, 5) is 0. The molecular weight excluding hydrogens is 304 g/mol. The number of para-hydroxylation sites is 2. The van der Waals surface area contributed by atoms with Gasteiger partial charge in [-0.2, -0.15) is 0 Å². The summed E-state index contributed by atoms with van der Waals surface area (Å²) in [6, 6.07) is 11.3. The van der Waals surface area contributed by atoms with Gasteiger partial charge in [-0.15, -0.1) is 0 Å². The van der Waals surface area contributed by atoms with E-state index in [2.05, 4.69) is 6.92 Å². The predicted octanol–water partition coefficient (Wildman–Crippen LogP) is 4.44. The van der Waals surface area contributed by atoms with Crippen LogP contribution in [0.4, 0.5) is 0 Å². The van der Waals surface area contributed by atoms with Crippen LogP contribution in [0.25, 0.3) is 0 Å². The van der Waals surface area contributed by atoms with E-state index in [-0.39, 0.29) is 6.79 Å². The van der Waals surface area contributed by atoms with E-state index >= 15 is 0 Å². The lowest BCUT2D eigenvalue weighted by atomic mass is 10.2. The SMILES string of the molecule is CCCOc1ccccc1OCc1cc(Cl)c2c(c1)OCO2. The summed E-state index contributed by atoms with van der Waals surface area (Å²) in [5.74, 6) is 2.71. The molecule has 2 aromatic carbocycles. The quantitative estimate of drug-likeness (QED) is 0.788. The van der Waals surface area contributed by atoms with Gasteiger partial charge in [-0.25, -0.2) is 0 Å². The first-order valence-electron chi connectivity index (χ1n) is 7.20. The summed E-state index contributed by atoms with van der Waals surface area (Å²) in [5, 5.41) is 0.532. The molecule has 0 spiro atoms. The van der Waals surface area contributed by atoms with Crippen molar-refractivity contribution >= 4 is 11.6 Å².